The summed E-state index contributed by atoms with van der Waals surface area (Å²) in [5.41, 5.74) is 1.79. The van der Waals surface area contributed by atoms with Gasteiger partial charge in [-0.2, -0.15) is 0 Å². The predicted molar refractivity (Wildman–Crippen MR) is 113 cm³/mol. The van der Waals surface area contributed by atoms with Crippen LogP contribution in [0.1, 0.15) is 0 Å². The van der Waals surface area contributed by atoms with Crippen molar-refractivity contribution >= 4 is 17.5 Å². The number of aromatic nitrogens is 2. The van der Waals surface area contributed by atoms with Crippen LogP contribution in [0.15, 0.2) is 54.6 Å². The Kier molecular flexibility index (Phi) is 5.92. The van der Waals surface area contributed by atoms with Gasteiger partial charge in [-0.25, -0.2) is 13.6 Å². The number of methoxy groups -OCH3 is 1. The summed E-state index contributed by atoms with van der Waals surface area (Å²) in [6.07, 6.45) is 0. The summed E-state index contributed by atoms with van der Waals surface area (Å²) >= 11 is 0. The molecule has 3 aromatic rings. The molecular formula is C22H21F2N5O2. The third-order valence-electron chi connectivity index (χ3n) is 5.10. The van der Waals surface area contributed by atoms with Gasteiger partial charge in [0.25, 0.3) is 0 Å². The predicted octanol–water partition coefficient (Wildman–Crippen LogP) is 3.78. The number of para-hydroxylation sites is 1. The summed E-state index contributed by atoms with van der Waals surface area (Å²) in [5.74, 6) is -0.508. The fourth-order valence-electron chi connectivity index (χ4n) is 3.41. The molecular weight excluding hydrogens is 404 g/mol. The van der Waals surface area contributed by atoms with Gasteiger partial charge in [-0.05, 0) is 36.4 Å². The summed E-state index contributed by atoms with van der Waals surface area (Å²) in [7, 11) is 1.61. The number of carbonyl (C=O) groups is 1. The molecule has 1 N–H and O–H groups in total. The minimum atomic E-state index is -1.00. The number of ether oxygens (including phenoxy) is 1. The zero-order valence-corrected chi connectivity index (χ0v) is 16.9. The minimum Gasteiger partial charge on any atom is -0.496 e. The molecule has 7 nitrogen and oxygen atoms in total. The number of benzene rings is 2. The smallest absolute Gasteiger partial charge is 0.321 e. The van der Waals surface area contributed by atoms with E-state index in [1.54, 1.807) is 12.0 Å². The Balaban J connectivity index is 1.36. The first-order chi connectivity index (χ1) is 15.0. The number of rotatable bonds is 4. The molecule has 4 rings (SSSR count). The van der Waals surface area contributed by atoms with Gasteiger partial charge in [-0.1, -0.05) is 12.1 Å². The quantitative estimate of drug-likeness (QED) is 0.689. The van der Waals surface area contributed by atoms with E-state index in [4.69, 9.17) is 4.74 Å². The van der Waals surface area contributed by atoms with Crippen molar-refractivity contribution in [2.45, 2.75) is 0 Å². The van der Waals surface area contributed by atoms with E-state index >= 15 is 0 Å². The number of halogens is 2. The Morgan fingerprint density at radius 1 is 0.968 bits per heavy atom. The van der Waals surface area contributed by atoms with Gasteiger partial charge in [-0.3, -0.25) is 0 Å². The molecule has 2 heterocycles. The van der Waals surface area contributed by atoms with Crippen molar-refractivity contribution < 1.29 is 18.3 Å². The van der Waals surface area contributed by atoms with Crippen LogP contribution in [-0.2, 0) is 0 Å². The zero-order valence-electron chi connectivity index (χ0n) is 16.9. The van der Waals surface area contributed by atoms with Crippen molar-refractivity contribution in [2.24, 2.45) is 0 Å². The molecule has 1 aliphatic rings. The maximum Gasteiger partial charge on any atom is 0.321 e. The third-order valence-corrected chi connectivity index (χ3v) is 5.10. The summed E-state index contributed by atoms with van der Waals surface area (Å²) in [4.78, 5) is 16.1. The van der Waals surface area contributed by atoms with Crippen LogP contribution in [0.4, 0.5) is 25.1 Å². The van der Waals surface area contributed by atoms with E-state index in [1.165, 1.54) is 6.07 Å². The average Bonchev–Trinajstić information content (AvgIpc) is 2.81. The van der Waals surface area contributed by atoms with Gasteiger partial charge in [0.15, 0.2) is 17.5 Å². The van der Waals surface area contributed by atoms with E-state index in [2.05, 4.69) is 15.5 Å². The van der Waals surface area contributed by atoms with Gasteiger partial charge in [-0.15, -0.1) is 10.2 Å². The van der Waals surface area contributed by atoms with Crippen molar-refractivity contribution in [1.82, 2.24) is 15.1 Å². The van der Waals surface area contributed by atoms with Crippen LogP contribution in [0.5, 0.6) is 5.75 Å². The second-order valence-electron chi connectivity index (χ2n) is 7.01. The Morgan fingerprint density at radius 3 is 2.42 bits per heavy atom. The van der Waals surface area contributed by atoms with Crippen molar-refractivity contribution in [1.29, 1.82) is 0 Å². The normalized spacial score (nSPS) is 13.8. The third kappa shape index (κ3) is 4.55. The Morgan fingerprint density at radius 2 is 1.74 bits per heavy atom. The van der Waals surface area contributed by atoms with Gasteiger partial charge < -0.3 is 19.9 Å². The lowest BCUT2D eigenvalue weighted by Crippen LogP contribution is -2.50. The Labute approximate surface area is 178 Å². The molecule has 1 fully saturated rings. The highest BCUT2D eigenvalue weighted by Crippen LogP contribution is 2.28. The SMILES string of the molecule is COc1ccccc1-c1ccc(N2CCN(C(=O)Nc3ccc(F)c(F)c3)CC2)nn1. The Hall–Kier alpha value is -3.75. The molecule has 0 bridgehead atoms. The standard InChI is InChI=1S/C22H21F2N5O2/c1-31-20-5-3-2-4-16(20)19-8-9-21(27-26-19)28-10-12-29(13-11-28)22(30)25-15-6-7-17(23)18(24)14-15/h2-9,14H,10-13H2,1H3,(H,25,30). The van der Waals surface area contributed by atoms with Crippen LogP contribution in [0.3, 0.4) is 0 Å². The van der Waals surface area contributed by atoms with Gasteiger partial charge in [0.2, 0.25) is 0 Å². The highest BCUT2D eigenvalue weighted by molar-refractivity contribution is 5.89. The molecule has 9 heteroatoms. The molecule has 2 aromatic carbocycles. The van der Waals surface area contributed by atoms with E-state index in [0.717, 1.165) is 29.3 Å². The van der Waals surface area contributed by atoms with Gasteiger partial charge in [0.1, 0.15) is 5.75 Å². The number of hydrogen-bond acceptors (Lipinski definition) is 5. The molecule has 1 aliphatic heterocycles. The molecule has 0 radical (unpaired) electrons. The lowest BCUT2D eigenvalue weighted by atomic mass is 10.1. The maximum absolute atomic E-state index is 13.3. The van der Waals surface area contributed by atoms with Crippen molar-refractivity contribution in [3.63, 3.8) is 0 Å². The molecule has 1 aromatic heterocycles. The number of urea groups is 1. The number of hydrogen-bond donors (Lipinski definition) is 1. The van der Waals surface area contributed by atoms with Crippen molar-refractivity contribution in [2.75, 3.05) is 43.5 Å². The minimum absolute atomic E-state index is 0.212. The number of carbonyl (C=O) groups excluding carboxylic acids is 1. The highest BCUT2D eigenvalue weighted by Gasteiger charge is 2.22. The van der Waals surface area contributed by atoms with Crippen LogP contribution in [0.2, 0.25) is 0 Å². The highest BCUT2D eigenvalue weighted by atomic mass is 19.2. The van der Waals surface area contributed by atoms with E-state index in [0.29, 0.717) is 31.9 Å². The van der Waals surface area contributed by atoms with Crippen molar-refractivity contribution in [3.8, 4) is 17.0 Å². The van der Waals surface area contributed by atoms with Gasteiger partial charge in [0, 0.05) is 43.5 Å². The van der Waals surface area contributed by atoms with Crippen LogP contribution in [-0.4, -0.2) is 54.4 Å². The fraction of sp³-hybridized carbons (Fsp3) is 0.227. The lowest BCUT2D eigenvalue weighted by molar-refractivity contribution is 0.208. The zero-order chi connectivity index (χ0) is 21.8. The summed E-state index contributed by atoms with van der Waals surface area (Å²) in [5, 5.41) is 11.3. The number of anilines is 2. The lowest BCUT2D eigenvalue weighted by Gasteiger charge is -2.35. The van der Waals surface area contributed by atoms with Crippen LogP contribution >= 0.6 is 0 Å². The summed E-state index contributed by atoms with van der Waals surface area (Å²) in [6, 6.07) is 14.3. The number of nitrogens with zero attached hydrogens (tertiary/aromatic N) is 4. The number of nitrogens with one attached hydrogen (secondary N) is 1. The molecule has 0 atom stereocenters. The molecule has 0 aliphatic carbocycles. The number of piperazine rings is 1. The van der Waals surface area contributed by atoms with Gasteiger partial charge >= 0.3 is 6.03 Å². The monoisotopic (exact) mass is 425 g/mol. The van der Waals surface area contributed by atoms with Gasteiger partial charge in [0.05, 0.1) is 12.8 Å². The van der Waals surface area contributed by atoms with Crippen LogP contribution in [0, 0.1) is 11.6 Å². The molecule has 1 saturated heterocycles. The summed E-state index contributed by atoms with van der Waals surface area (Å²) < 4.78 is 31.7. The molecule has 0 unspecified atom stereocenters. The van der Waals surface area contributed by atoms with E-state index < -0.39 is 11.6 Å². The van der Waals surface area contributed by atoms with E-state index in [9.17, 15) is 13.6 Å². The van der Waals surface area contributed by atoms with Crippen molar-refractivity contribution in [3.05, 3.63) is 66.2 Å². The van der Waals surface area contributed by atoms with E-state index in [-0.39, 0.29) is 11.7 Å². The largest absolute Gasteiger partial charge is 0.496 e. The first kappa shape index (κ1) is 20.5. The summed E-state index contributed by atoms with van der Waals surface area (Å²) in [6.45, 7) is 2.08. The molecule has 160 valence electrons. The average molecular weight is 425 g/mol. The maximum atomic E-state index is 13.3. The molecule has 2 amide bonds. The molecule has 0 saturated carbocycles. The Bertz CT molecular complexity index is 1070. The first-order valence-electron chi connectivity index (χ1n) is 9.78. The number of amides is 2. The first-order valence-corrected chi connectivity index (χ1v) is 9.78. The van der Waals surface area contributed by atoms with Crippen LogP contribution in [0.25, 0.3) is 11.3 Å². The molecule has 31 heavy (non-hydrogen) atoms. The second kappa shape index (κ2) is 8.95. The topological polar surface area (TPSA) is 70.6 Å². The second-order valence-corrected chi connectivity index (χ2v) is 7.01. The molecule has 0 spiro atoms. The van der Waals surface area contributed by atoms with E-state index in [1.807, 2.05) is 41.3 Å². The fourth-order valence-corrected chi connectivity index (χ4v) is 3.41. The van der Waals surface area contributed by atoms with Crippen LogP contribution < -0.4 is 15.0 Å².